The molecule has 0 saturated heterocycles. The van der Waals surface area contributed by atoms with E-state index in [1.165, 1.54) is 24.3 Å². The third kappa shape index (κ3) is 7.25. The summed E-state index contributed by atoms with van der Waals surface area (Å²) in [5.74, 6) is 0.630. The minimum atomic E-state index is -4.78. The van der Waals surface area contributed by atoms with E-state index >= 15 is 0 Å². The standard InChI is InChI=1S/C29H28N2O10S2/c30-28(40-20-7-3-1-4-8-20)16-38-24-12-18-11-19-13-25(39-17-29(31)41-21-9-5-2-6-10-21)27(43(35,36)37)15-23(19)22(18)14-26(24)42(32,33)34/h1-10,12-15,28-29H,11,16-17,30-31H2,(H,32,33,34)(H,35,36,37). The highest BCUT2D eigenvalue weighted by molar-refractivity contribution is 7.86. The second-order valence-corrected chi connectivity index (χ2v) is 12.4. The van der Waals surface area contributed by atoms with Crippen molar-refractivity contribution in [3.05, 3.63) is 96.1 Å². The Hall–Kier alpha value is -4.18. The molecule has 0 amide bonds. The average Bonchev–Trinajstić information content (AvgIpc) is 3.30. The van der Waals surface area contributed by atoms with Crippen LogP contribution in [0.3, 0.4) is 0 Å². The van der Waals surface area contributed by atoms with Gasteiger partial charge < -0.3 is 18.9 Å². The molecular weight excluding hydrogens is 600 g/mol. The molecular formula is C29H28N2O10S2. The van der Waals surface area contributed by atoms with Crippen LogP contribution in [-0.4, -0.2) is 51.6 Å². The van der Waals surface area contributed by atoms with Gasteiger partial charge >= 0.3 is 0 Å². The van der Waals surface area contributed by atoms with Gasteiger partial charge in [-0.2, -0.15) is 16.8 Å². The third-order valence-corrected chi connectivity index (χ3v) is 8.18. The molecule has 2 atom stereocenters. The summed E-state index contributed by atoms with van der Waals surface area (Å²) in [5, 5.41) is 0. The van der Waals surface area contributed by atoms with Gasteiger partial charge in [0.25, 0.3) is 20.2 Å². The van der Waals surface area contributed by atoms with Crippen LogP contribution in [-0.2, 0) is 26.7 Å². The number of benzene rings is 4. The number of ether oxygens (including phenoxy) is 4. The zero-order valence-corrected chi connectivity index (χ0v) is 24.1. The van der Waals surface area contributed by atoms with Crippen molar-refractivity contribution in [1.82, 2.24) is 0 Å². The molecule has 0 fully saturated rings. The Morgan fingerprint density at radius 3 is 1.35 bits per heavy atom. The normalized spacial score (nSPS) is 13.9. The van der Waals surface area contributed by atoms with E-state index in [4.69, 9.17) is 30.4 Å². The lowest BCUT2D eigenvalue weighted by Gasteiger charge is -2.18. The second-order valence-electron chi connectivity index (χ2n) is 9.60. The van der Waals surface area contributed by atoms with E-state index < -0.39 is 42.5 Å². The van der Waals surface area contributed by atoms with E-state index in [-0.39, 0.29) is 31.1 Å². The zero-order chi connectivity index (χ0) is 30.8. The Balaban J connectivity index is 1.41. The summed E-state index contributed by atoms with van der Waals surface area (Å²) in [5.41, 5.74) is 13.8. The van der Waals surface area contributed by atoms with E-state index in [2.05, 4.69) is 0 Å². The Morgan fingerprint density at radius 1 is 0.628 bits per heavy atom. The summed E-state index contributed by atoms with van der Waals surface area (Å²) < 4.78 is 91.5. The van der Waals surface area contributed by atoms with Crippen molar-refractivity contribution in [3.8, 4) is 34.1 Å². The van der Waals surface area contributed by atoms with Gasteiger partial charge in [-0.3, -0.25) is 20.6 Å². The van der Waals surface area contributed by atoms with E-state index in [9.17, 15) is 25.9 Å². The molecule has 1 aliphatic carbocycles. The van der Waals surface area contributed by atoms with E-state index in [1.807, 2.05) is 0 Å². The smallest absolute Gasteiger partial charge is 0.298 e. The molecule has 43 heavy (non-hydrogen) atoms. The highest BCUT2D eigenvalue weighted by Crippen LogP contribution is 2.44. The van der Waals surface area contributed by atoms with Gasteiger partial charge in [0.05, 0.1) is 0 Å². The number of hydrogen-bond donors (Lipinski definition) is 4. The summed E-state index contributed by atoms with van der Waals surface area (Å²) in [6.07, 6.45) is -1.69. The fraction of sp³-hybridized carbons (Fsp3) is 0.172. The zero-order valence-electron chi connectivity index (χ0n) is 22.5. The molecule has 226 valence electrons. The second kappa shape index (κ2) is 12.2. The van der Waals surface area contributed by atoms with Crippen molar-refractivity contribution in [2.45, 2.75) is 28.7 Å². The molecule has 12 nitrogen and oxygen atoms in total. The van der Waals surface area contributed by atoms with Gasteiger partial charge in [0.15, 0.2) is 12.5 Å². The van der Waals surface area contributed by atoms with E-state index in [0.717, 1.165) is 0 Å². The van der Waals surface area contributed by atoms with Crippen molar-refractivity contribution >= 4 is 20.2 Å². The SMILES string of the molecule is NC(COc1cc2c(cc1S(=O)(=O)O)-c1cc(S(=O)(=O)O)c(OCC(N)Oc3ccccc3)cc1C2)Oc1ccccc1. The van der Waals surface area contributed by atoms with Crippen LogP contribution in [0.2, 0.25) is 0 Å². The number of para-hydroxylation sites is 2. The van der Waals surface area contributed by atoms with Crippen molar-refractivity contribution in [3.63, 3.8) is 0 Å². The molecule has 2 unspecified atom stereocenters. The average molecular weight is 629 g/mol. The van der Waals surface area contributed by atoms with E-state index in [0.29, 0.717) is 33.8 Å². The molecule has 4 aromatic carbocycles. The predicted octanol–water partition coefficient (Wildman–Crippen LogP) is 3.24. The maximum Gasteiger partial charge on any atom is 0.298 e. The summed E-state index contributed by atoms with van der Waals surface area (Å²) >= 11 is 0. The molecule has 0 saturated carbocycles. The first-order chi connectivity index (χ1) is 20.4. The lowest BCUT2D eigenvalue weighted by atomic mass is 10.1. The number of nitrogens with two attached hydrogens (primary N) is 2. The Morgan fingerprint density at radius 2 is 1.00 bits per heavy atom. The first-order valence-corrected chi connectivity index (χ1v) is 15.8. The van der Waals surface area contributed by atoms with Crippen molar-refractivity contribution < 1.29 is 44.9 Å². The first kappa shape index (κ1) is 30.3. The van der Waals surface area contributed by atoms with Gasteiger partial charge in [-0.1, -0.05) is 36.4 Å². The molecule has 1 aliphatic rings. The molecule has 0 radical (unpaired) electrons. The van der Waals surface area contributed by atoms with Crippen LogP contribution < -0.4 is 30.4 Å². The molecule has 14 heteroatoms. The lowest BCUT2D eigenvalue weighted by molar-refractivity contribution is 0.131. The summed E-state index contributed by atoms with van der Waals surface area (Å²) in [6, 6.07) is 22.6. The van der Waals surface area contributed by atoms with Crippen LogP contribution in [0.1, 0.15) is 11.1 Å². The lowest BCUT2D eigenvalue weighted by Crippen LogP contribution is -2.34. The minimum Gasteiger partial charge on any atom is -0.487 e. The van der Waals surface area contributed by atoms with Crippen LogP contribution in [0.5, 0.6) is 23.0 Å². The summed E-state index contributed by atoms with van der Waals surface area (Å²) in [7, 11) is -9.56. The Bertz CT molecular complexity index is 1700. The van der Waals surface area contributed by atoms with Crippen LogP contribution >= 0.6 is 0 Å². The van der Waals surface area contributed by atoms with Crippen molar-refractivity contribution in [2.24, 2.45) is 11.5 Å². The van der Waals surface area contributed by atoms with Gasteiger partial charge in [0.2, 0.25) is 0 Å². The van der Waals surface area contributed by atoms with Crippen LogP contribution in [0.4, 0.5) is 0 Å². The summed E-state index contributed by atoms with van der Waals surface area (Å²) in [4.78, 5) is -1.10. The number of hydrogen-bond acceptors (Lipinski definition) is 10. The van der Waals surface area contributed by atoms with Crippen molar-refractivity contribution in [2.75, 3.05) is 13.2 Å². The fourth-order valence-corrected chi connectivity index (χ4v) is 5.87. The van der Waals surface area contributed by atoms with Gasteiger partial charge in [-0.25, -0.2) is 0 Å². The van der Waals surface area contributed by atoms with Crippen molar-refractivity contribution in [1.29, 1.82) is 0 Å². The number of fused-ring (bicyclic) bond motifs is 3. The van der Waals surface area contributed by atoms with Gasteiger partial charge in [-0.05, 0) is 77.2 Å². The molecule has 0 bridgehead atoms. The Kier molecular flexibility index (Phi) is 8.59. The highest BCUT2D eigenvalue weighted by Gasteiger charge is 2.30. The first-order valence-electron chi connectivity index (χ1n) is 12.9. The minimum absolute atomic E-state index is 0.170. The van der Waals surface area contributed by atoms with Crippen LogP contribution in [0.15, 0.2) is 94.7 Å². The maximum atomic E-state index is 12.3. The molecule has 6 N–H and O–H groups in total. The van der Waals surface area contributed by atoms with Crippen LogP contribution in [0.25, 0.3) is 11.1 Å². The Labute approximate surface area is 248 Å². The predicted molar refractivity (Wildman–Crippen MR) is 155 cm³/mol. The third-order valence-electron chi connectivity index (χ3n) is 6.43. The van der Waals surface area contributed by atoms with Gasteiger partial charge in [0, 0.05) is 0 Å². The fourth-order valence-electron chi connectivity index (χ4n) is 4.59. The molecule has 0 heterocycles. The molecule has 0 aliphatic heterocycles. The molecule has 0 spiro atoms. The molecule has 0 aromatic heterocycles. The number of rotatable bonds is 12. The van der Waals surface area contributed by atoms with Crippen LogP contribution in [0, 0.1) is 0 Å². The topological polar surface area (TPSA) is 198 Å². The largest absolute Gasteiger partial charge is 0.487 e. The maximum absolute atomic E-state index is 12.3. The quantitative estimate of drug-likeness (QED) is 0.116. The highest BCUT2D eigenvalue weighted by atomic mass is 32.2. The van der Waals surface area contributed by atoms with Gasteiger partial charge in [0.1, 0.15) is 46.0 Å². The molecule has 4 aromatic rings. The van der Waals surface area contributed by atoms with E-state index in [1.54, 1.807) is 60.7 Å². The molecule has 5 rings (SSSR count). The monoisotopic (exact) mass is 628 g/mol. The van der Waals surface area contributed by atoms with Gasteiger partial charge in [-0.15, -0.1) is 0 Å². The summed E-state index contributed by atoms with van der Waals surface area (Å²) in [6.45, 7) is -0.501.